The number of para-hydroxylation sites is 1. The number of hydrogen-bond acceptors (Lipinski definition) is 4. The number of methoxy groups -OCH3 is 1. The fourth-order valence-corrected chi connectivity index (χ4v) is 3.92. The van der Waals surface area contributed by atoms with Crippen LogP contribution in [0.4, 0.5) is 0 Å². The maximum atomic E-state index is 13.4. The van der Waals surface area contributed by atoms with Gasteiger partial charge in [0.05, 0.1) is 19.2 Å². The Labute approximate surface area is 154 Å². The van der Waals surface area contributed by atoms with E-state index >= 15 is 0 Å². The van der Waals surface area contributed by atoms with Crippen molar-refractivity contribution < 1.29 is 9.53 Å². The zero-order chi connectivity index (χ0) is 18.1. The topological polar surface area (TPSA) is 59.4 Å². The van der Waals surface area contributed by atoms with Crippen LogP contribution < -0.4 is 10.1 Å². The summed E-state index contributed by atoms with van der Waals surface area (Å²) >= 11 is 0. The molecule has 2 aromatic rings. The summed E-state index contributed by atoms with van der Waals surface area (Å²) in [5.74, 6) is 1.25. The summed E-state index contributed by atoms with van der Waals surface area (Å²) in [6, 6.07) is 8.34. The van der Waals surface area contributed by atoms with Gasteiger partial charge in [-0.2, -0.15) is 5.10 Å². The molecular weight excluding hydrogens is 328 g/mol. The van der Waals surface area contributed by atoms with Gasteiger partial charge in [-0.1, -0.05) is 18.2 Å². The van der Waals surface area contributed by atoms with Gasteiger partial charge >= 0.3 is 0 Å². The SMILES string of the molecule is COc1ccccc1CN(C(=O)[C@@H]1CNC[C@H]1c1cnn(C)c1)C1CC1. The van der Waals surface area contributed by atoms with Crippen LogP contribution in [0, 0.1) is 5.92 Å². The normalized spacial score (nSPS) is 22.4. The summed E-state index contributed by atoms with van der Waals surface area (Å²) in [5, 5.41) is 7.69. The number of carbonyl (C=O) groups is 1. The van der Waals surface area contributed by atoms with E-state index in [0.717, 1.165) is 42.8 Å². The second-order valence-corrected chi connectivity index (χ2v) is 7.33. The molecule has 2 heterocycles. The van der Waals surface area contributed by atoms with E-state index in [1.807, 2.05) is 48.4 Å². The molecule has 1 saturated carbocycles. The zero-order valence-corrected chi connectivity index (χ0v) is 15.4. The third-order valence-corrected chi connectivity index (χ3v) is 5.49. The summed E-state index contributed by atoms with van der Waals surface area (Å²) in [7, 11) is 3.60. The Morgan fingerprint density at radius 2 is 2.15 bits per heavy atom. The minimum absolute atomic E-state index is 0.0329. The quantitative estimate of drug-likeness (QED) is 0.861. The van der Waals surface area contributed by atoms with Crippen LogP contribution >= 0.6 is 0 Å². The first kappa shape index (κ1) is 17.1. The van der Waals surface area contributed by atoms with E-state index in [2.05, 4.69) is 15.3 Å². The van der Waals surface area contributed by atoms with Crippen LogP contribution in [0.5, 0.6) is 5.75 Å². The largest absolute Gasteiger partial charge is 0.496 e. The van der Waals surface area contributed by atoms with E-state index in [1.54, 1.807) is 7.11 Å². The summed E-state index contributed by atoms with van der Waals surface area (Å²) in [6.45, 7) is 2.17. The molecule has 2 aliphatic rings. The van der Waals surface area contributed by atoms with Gasteiger partial charge in [0.25, 0.3) is 0 Å². The average molecular weight is 354 g/mol. The van der Waals surface area contributed by atoms with E-state index in [9.17, 15) is 4.79 Å². The third kappa shape index (κ3) is 3.33. The Morgan fingerprint density at radius 3 is 2.85 bits per heavy atom. The predicted molar refractivity (Wildman–Crippen MR) is 98.9 cm³/mol. The van der Waals surface area contributed by atoms with Crippen molar-refractivity contribution in [1.82, 2.24) is 20.0 Å². The molecule has 138 valence electrons. The van der Waals surface area contributed by atoms with Gasteiger partial charge < -0.3 is 15.0 Å². The molecule has 1 N–H and O–H groups in total. The monoisotopic (exact) mass is 354 g/mol. The van der Waals surface area contributed by atoms with Gasteiger partial charge in [-0.25, -0.2) is 0 Å². The third-order valence-electron chi connectivity index (χ3n) is 5.49. The smallest absolute Gasteiger partial charge is 0.228 e. The van der Waals surface area contributed by atoms with Crippen molar-refractivity contribution in [1.29, 1.82) is 0 Å². The molecule has 6 heteroatoms. The summed E-state index contributed by atoms with van der Waals surface area (Å²) < 4.78 is 7.29. The van der Waals surface area contributed by atoms with Crippen LogP contribution in [0.1, 0.15) is 29.9 Å². The van der Waals surface area contributed by atoms with Crippen LogP contribution in [0.25, 0.3) is 0 Å². The minimum atomic E-state index is -0.0329. The Bertz CT molecular complexity index is 784. The molecule has 2 fully saturated rings. The molecule has 1 aromatic carbocycles. The lowest BCUT2D eigenvalue weighted by Gasteiger charge is -2.28. The molecule has 0 unspecified atom stereocenters. The molecule has 2 atom stereocenters. The highest BCUT2D eigenvalue weighted by Gasteiger charge is 2.41. The number of benzene rings is 1. The first-order chi connectivity index (χ1) is 12.7. The number of ether oxygens (including phenoxy) is 1. The summed E-state index contributed by atoms with van der Waals surface area (Å²) in [4.78, 5) is 15.5. The van der Waals surface area contributed by atoms with Crippen molar-refractivity contribution in [2.24, 2.45) is 13.0 Å². The molecule has 1 aliphatic heterocycles. The van der Waals surface area contributed by atoms with Crippen LogP contribution in [0.15, 0.2) is 36.7 Å². The number of carbonyl (C=O) groups excluding carboxylic acids is 1. The molecule has 26 heavy (non-hydrogen) atoms. The van der Waals surface area contributed by atoms with Gasteiger partial charge in [0, 0.05) is 50.4 Å². The lowest BCUT2D eigenvalue weighted by atomic mass is 9.89. The molecule has 1 aromatic heterocycles. The van der Waals surface area contributed by atoms with Crippen molar-refractivity contribution in [2.45, 2.75) is 31.3 Å². The lowest BCUT2D eigenvalue weighted by molar-refractivity contribution is -0.136. The number of hydrogen-bond donors (Lipinski definition) is 1. The molecule has 4 rings (SSSR count). The van der Waals surface area contributed by atoms with Gasteiger partial charge in [-0.3, -0.25) is 9.48 Å². The van der Waals surface area contributed by atoms with Gasteiger partial charge in [0.1, 0.15) is 5.75 Å². The van der Waals surface area contributed by atoms with Gasteiger partial charge in [-0.15, -0.1) is 0 Å². The van der Waals surface area contributed by atoms with E-state index in [-0.39, 0.29) is 17.7 Å². The van der Waals surface area contributed by atoms with Crippen LogP contribution in [0.2, 0.25) is 0 Å². The molecular formula is C20H26N4O2. The van der Waals surface area contributed by atoms with E-state index in [4.69, 9.17) is 4.74 Å². The van der Waals surface area contributed by atoms with Gasteiger partial charge in [0.2, 0.25) is 5.91 Å². The van der Waals surface area contributed by atoms with Crippen molar-refractivity contribution in [2.75, 3.05) is 20.2 Å². The molecule has 1 aliphatic carbocycles. The van der Waals surface area contributed by atoms with Crippen LogP contribution in [0.3, 0.4) is 0 Å². The fourth-order valence-electron chi connectivity index (χ4n) is 3.92. The van der Waals surface area contributed by atoms with Crippen LogP contribution in [-0.2, 0) is 18.4 Å². The second-order valence-electron chi connectivity index (χ2n) is 7.33. The second kappa shape index (κ2) is 7.11. The zero-order valence-electron chi connectivity index (χ0n) is 15.4. The maximum absolute atomic E-state index is 13.4. The highest BCUT2D eigenvalue weighted by atomic mass is 16.5. The Morgan fingerprint density at radius 1 is 1.35 bits per heavy atom. The number of nitrogens with one attached hydrogen (secondary N) is 1. The van der Waals surface area contributed by atoms with E-state index in [1.165, 1.54) is 0 Å². The van der Waals surface area contributed by atoms with Crippen molar-refractivity contribution in [3.63, 3.8) is 0 Å². The molecule has 6 nitrogen and oxygen atoms in total. The van der Waals surface area contributed by atoms with Crippen molar-refractivity contribution >= 4 is 5.91 Å². The minimum Gasteiger partial charge on any atom is -0.496 e. The Balaban J connectivity index is 1.55. The van der Waals surface area contributed by atoms with Crippen LogP contribution in [-0.4, -0.2) is 46.8 Å². The Hall–Kier alpha value is -2.34. The van der Waals surface area contributed by atoms with Gasteiger partial charge in [-0.05, 0) is 24.5 Å². The maximum Gasteiger partial charge on any atom is 0.228 e. The van der Waals surface area contributed by atoms with E-state index in [0.29, 0.717) is 12.6 Å². The van der Waals surface area contributed by atoms with Gasteiger partial charge in [0.15, 0.2) is 0 Å². The average Bonchev–Trinajstić information content (AvgIpc) is 3.21. The van der Waals surface area contributed by atoms with Crippen molar-refractivity contribution in [3.8, 4) is 5.75 Å². The predicted octanol–water partition coefficient (Wildman–Crippen LogP) is 1.92. The highest BCUT2D eigenvalue weighted by molar-refractivity contribution is 5.81. The highest BCUT2D eigenvalue weighted by Crippen LogP contribution is 2.35. The van der Waals surface area contributed by atoms with Crippen molar-refractivity contribution in [3.05, 3.63) is 47.8 Å². The fraction of sp³-hybridized carbons (Fsp3) is 0.500. The summed E-state index contributed by atoms with van der Waals surface area (Å²) in [6.07, 6.45) is 6.11. The number of aromatic nitrogens is 2. The lowest BCUT2D eigenvalue weighted by Crippen LogP contribution is -2.39. The first-order valence-corrected chi connectivity index (χ1v) is 9.29. The molecule has 1 saturated heterocycles. The standard InChI is InChI=1S/C20H26N4O2/c1-23-12-15(9-22-23)17-10-21-11-18(17)20(25)24(16-7-8-16)13-14-5-3-4-6-19(14)26-2/h3-6,9,12,16-18,21H,7-8,10-11,13H2,1-2H3/t17-,18+/m0/s1. The number of nitrogens with zero attached hydrogens (tertiary/aromatic N) is 3. The molecule has 1 amide bonds. The number of amides is 1. The number of rotatable bonds is 6. The first-order valence-electron chi connectivity index (χ1n) is 9.29. The van der Waals surface area contributed by atoms with E-state index < -0.39 is 0 Å². The summed E-state index contributed by atoms with van der Waals surface area (Å²) in [5.41, 5.74) is 2.21. The Kier molecular flexibility index (Phi) is 4.68. The molecule has 0 bridgehead atoms. The molecule has 0 radical (unpaired) electrons. The number of aryl methyl sites for hydroxylation is 1. The molecule has 0 spiro atoms.